The Hall–Kier alpha value is -2.61. The van der Waals surface area contributed by atoms with Crippen molar-refractivity contribution < 1.29 is 9.53 Å². The second-order valence-corrected chi connectivity index (χ2v) is 7.08. The zero-order chi connectivity index (χ0) is 18.4. The lowest BCUT2D eigenvalue weighted by molar-refractivity contribution is -0.156. The smallest absolute Gasteiger partial charge is 0.312 e. The number of nitrogens with zero attached hydrogens (tertiary/aromatic N) is 5. The maximum Gasteiger partial charge on any atom is 0.312 e. The Morgan fingerprint density at radius 1 is 1.32 bits per heavy atom. The summed E-state index contributed by atoms with van der Waals surface area (Å²) >= 11 is 6.16. The van der Waals surface area contributed by atoms with Gasteiger partial charge in [0.2, 0.25) is 5.95 Å². The topological polar surface area (TPSA) is 101 Å². The van der Waals surface area contributed by atoms with Gasteiger partial charge in [-0.25, -0.2) is 4.98 Å². The Kier molecular flexibility index (Phi) is 4.16. The zero-order valence-electron chi connectivity index (χ0n) is 14.4. The van der Waals surface area contributed by atoms with E-state index in [-0.39, 0.29) is 23.8 Å². The number of hydrogen-bond donors (Lipinski definition) is 1. The second kappa shape index (κ2) is 6.03. The van der Waals surface area contributed by atoms with Crippen LogP contribution in [0.5, 0.6) is 0 Å². The Morgan fingerprint density at radius 2 is 2.04 bits per heavy atom. The van der Waals surface area contributed by atoms with E-state index in [4.69, 9.17) is 22.1 Å². The molecule has 0 unspecified atom stereocenters. The van der Waals surface area contributed by atoms with E-state index in [1.54, 1.807) is 25.3 Å². The summed E-state index contributed by atoms with van der Waals surface area (Å²) in [6.07, 6.45) is 1.89. The monoisotopic (exact) mass is 362 g/mol. The molecule has 132 valence electrons. The van der Waals surface area contributed by atoms with Crippen LogP contribution in [0, 0.1) is 5.41 Å². The van der Waals surface area contributed by atoms with E-state index < -0.39 is 5.41 Å². The molecule has 25 heavy (non-hydrogen) atoms. The first-order valence-corrected chi connectivity index (χ1v) is 8.04. The van der Waals surface area contributed by atoms with E-state index >= 15 is 0 Å². The molecule has 0 saturated carbocycles. The Morgan fingerprint density at radius 3 is 2.64 bits per heavy atom. The van der Waals surface area contributed by atoms with Crippen molar-refractivity contribution in [1.82, 2.24) is 24.1 Å². The van der Waals surface area contributed by atoms with Crippen molar-refractivity contribution in [3.8, 4) is 11.5 Å². The lowest BCUT2D eigenvalue weighted by Gasteiger charge is -2.17. The number of rotatable bonds is 3. The van der Waals surface area contributed by atoms with Gasteiger partial charge in [0.05, 0.1) is 11.1 Å². The normalized spacial score (nSPS) is 11.9. The molecule has 8 nitrogen and oxygen atoms in total. The first kappa shape index (κ1) is 17.2. The fourth-order valence-electron chi connectivity index (χ4n) is 2.33. The van der Waals surface area contributed by atoms with E-state index in [2.05, 4.69) is 15.0 Å². The predicted octanol–water partition coefficient (Wildman–Crippen LogP) is 2.61. The van der Waals surface area contributed by atoms with Crippen molar-refractivity contribution in [2.45, 2.75) is 27.5 Å². The summed E-state index contributed by atoms with van der Waals surface area (Å²) in [5.41, 5.74) is 6.73. The summed E-state index contributed by atoms with van der Waals surface area (Å²) in [5.74, 6) is 0.255. The standard InChI is InChI=1S/C16H19ClN6O2/c1-16(2,3)14(24)25-8-23-12(9-6-5-7-22(9)4)19-10-11(17)20-15(18)21-13(10)23/h5-7H,8H2,1-4H3,(H2,18,20,21). The molecule has 3 aromatic heterocycles. The molecule has 0 saturated heterocycles. The van der Waals surface area contributed by atoms with Gasteiger partial charge in [0.25, 0.3) is 0 Å². The molecule has 0 atom stereocenters. The largest absolute Gasteiger partial charge is 0.443 e. The number of carbonyl (C=O) groups excluding carboxylic acids is 1. The van der Waals surface area contributed by atoms with Gasteiger partial charge in [-0.15, -0.1) is 0 Å². The van der Waals surface area contributed by atoms with Crippen molar-refractivity contribution in [3.63, 3.8) is 0 Å². The molecule has 2 N–H and O–H groups in total. The molecule has 9 heteroatoms. The predicted molar refractivity (Wildman–Crippen MR) is 94.7 cm³/mol. The van der Waals surface area contributed by atoms with Gasteiger partial charge in [0.15, 0.2) is 23.4 Å². The molecule has 0 aliphatic heterocycles. The van der Waals surface area contributed by atoms with Gasteiger partial charge in [0, 0.05) is 13.2 Å². The molecule has 0 aromatic carbocycles. The number of imidazole rings is 1. The molecule has 0 radical (unpaired) electrons. The average Bonchev–Trinajstić information content (AvgIpc) is 3.07. The number of halogens is 1. The Bertz CT molecular complexity index is 954. The highest BCUT2D eigenvalue weighted by Crippen LogP contribution is 2.28. The third kappa shape index (κ3) is 3.17. The summed E-state index contributed by atoms with van der Waals surface area (Å²) in [4.78, 5) is 24.8. The Balaban J connectivity index is 2.13. The number of fused-ring (bicyclic) bond motifs is 1. The van der Waals surface area contributed by atoms with E-state index in [1.165, 1.54) is 0 Å². The molecule has 3 heterocycles. The summed E-state index contributed by atoms with van der Waals surface area (Å²) < 4.78 is 9.01. The lowest BCUT2D eigenvalue weighted by Crippen LogP contribution is -2.24. The van der Waals surface area contributed by atoms with Crippen LogP contribution in [0.4, 0.5) is 5.95 Å². The summed E-state index contributed by atoms with van der Waals surface area (Å²) in [6, 6.07) is 3.79. The van der Waals surface area contributed by atoms with Crippen LogP contribution in [0.1, 0.15) is 20.8 Å². The molecule has 0 aliphatic rings. The van der Waals surface area contributed by atoms with E-state index in [0.29, 0.717) is 17.0 Å². The van der Waals surface area contributed by atoms with Crippen LogP contribution in [0.2, 0.25) is 5.15 Å². The van der Waals surface area contributed by atoms with Gasteiger partial charge in [-0.3, -0.25) is 9.36 Å². The highest BCUT2D eigenvalue weighted by molar-refractivity contribution is 6.33. The van der Waals surface area contributed by atoms with Gasteiger partial charge in [-0.1, -0.05) is 11.6 Å². The van der Waals surface area contributed by atoms with Crippen molar-refractivity contribution in [3.05, 3.63) is 23.5 Å². The van der Waals surface area contributed by atoms with Crippen molar-refractivity contribution in [2.75, 3.05) is 5.73 Å². The first-order chi connectivity index (χ1) is 11.7. The van der Waals surface area contributed by atoms with Crippen LogP contribution >= 0.6 is 11.6 Å². The molecule has 0 fully saturated rings. The molecule has 3 rings (SSSR count). The molecule has 0 bridgehead atoms. The maximum atomic E-state index is 12.1. The number of carbonyl (C=O) groups is 1. The summed E-state index contributed by atoms with van der Waals surface area (Å²) in [7, 11) is 1.89. The van der Waals surface area contributed by atoms with Gasteiger partial charge in [-0.2, -0.15) is 9.97 Å². The molecular formula is C16H19ClN6O2. The average molecular weight is 363 g/mol. The van der Waals surface area contributed by atoms with Crippen LogP contribution in [-0.4, -0.2) is 30.1 Å². The third-order valence-corrected chi connectivity index (χ3v) is 3.94. The number of anilines is 1. The third-order valence-electron chi connectivity index (χ3n) is 3.68. The van der Waals surface area contributed by atoms with Gasteiger partial charge < -0.3 is 15.0 Å². The van der Waals surface area contributed by atoms with E-state index in [1.807, 2.05) is 29.9 Å². The van der Waals surface area contributed by atoms with Crippen molar-refractivity contribution >= 4 is 34.7 Å². The van der Waals surface area contributed by atoms with Crippen LogP contribution in [-0.2, 0) is 23.3 Å². The number of nitrogen functional groups attached to an aromatic ring is 1. The minimum atomic E-state index is -0.618. The minimum Gasteiger partial charge on any atom is -0.443 e. The van der Waals surface area contributed by atoms with Gasteiger partial charge in [-0.05, 0) is 32.9 Å². The van der Waals surface area contributed by atoms with E-state index in [0.717, 1.165) is 5.69 Å². The number of ether oxygens (including phenoxy) is 1. The quantitative estimate of drug-likeness (QED) is 0.567. The number of hydrogen-bond acceptors (Lipinski definition) is 6. The number of esters is 1. The highest BCUT2D eigenvalue weighted by Gasteiger charge is 2.25. The summed E-state index contributed by atoms with van der Waals surface area (Å²) in [5, 5.41) is 0.152. The fourth-order valence-corrected chi connectivity index (χ4v) is 2.55. The van der Waals surface area contributed by atoms with Crippen LogP contribution in [0.25, 0.3) is 22.7 Å². The molecule has 3 aromatic rings. The van der Waals surface area contributed by atoms with E-state index in [9.17, 15) is 4.79 Å². The van der Waals surface area contributed by atoms with Crippen LogP contribution in [0.15, 0.2) is 18.3 Å². The van der Waals surface area contributed by atoms with Crippen molar-refractivity contribution in [1.29, 1.82) is 0 Å². The molecule has 0 amide bonds. The minimum absolute atomic E-state index is 0.0271. The maximum absolute atomic E-state index is 12.1. The Labute approximate surface area is 149 Å². The van der Waals surface area contributed by atoms with Crippen molar-refractivity contribution in [2.24, 2.45) is 12.5 Å². The van der Waals surface area contributed by atoms with Gasteiger partial charge in [0.1, 0.15) is 5.52 Å². The first-order valence-electron chi connectivity index (χ1n) is 7.66. The zero-order valence-corrected chi connectivity index (χ0v) is 15.2. The van der Waals surface area contributed by atoms with Crippen LogP contribution < -0.4 is 5.73 Å². The van der Waals surface area contributed by atoms with Gasteiger partial charge >= 0.3 is 5.97 Å². The lowest BCUT2D eigenvalue weighted by atomic mass is 9.98. The highest BCUT2D eigenvalue weighted by atomic mass is 35.5. The molecular weight excluding hydrogens is 344 g/mol. The number of aryl methyl sites for hydroxylation is 1. The summed E-state index contributed by atoms with van der Waals surface area (Å²) in [6.45, 7) is 5.31. The molecule has 0 aliphatic carbocycles. The fraction of sp³-hybridized carbons (Fsp3) is 0.375. The van der Waals surface area contributed by atoms with Crippen LogP contribution in [0.3, 0.4) is 0 Å². The SMILES string of the molecule is Cn1cccc1-c1nc2c(Cl)nc(N)nc2n1COC(=O)C(C)(C)C. The molecule has 0 spiro atoms. The second-order valence-electron chi connectivity index (χ2n) is 6.72. The number of aromatic nitrogens is 5. The number of nitrogens with two attached hydrogens (primary N) is 1.